The molecule has 2 N–H and O–H groups in total. The number of carbonyl (C=O) groups is 1. The zero-order chi connectivity index (χ0) is 23.8. The molecule has 0 bridgehead atoms. The fraction of sp³-hybridized carbons (Fsp3) is 0.367. The Labute approximate surface area is 201 Å². The summed E-state index contributed by atoms with van der Waals surface area (Å²) in [5.74, 6) is -0.0375. The van der Waals surface area contributed by atoms with Crippen molar-refractivity contribution in [3.63, 3.8) is 0 Å². The molecule has 0 saturated heterocycles. The number of aliphatic hydroxyl groups is 1. The highest BCUT2D eigenvalue weighted by molar-refractivity contribution is 5.76. The van der Waals surface area contributed by atoms with Crippen molar-refractivity contribution < 1.29 is 9.90 Å². The summed E-state index contributed by atoms with van der Waals surface area (Å²) in [7, 11) is 0. The van der Waals surface area contributed by atoms with E-state index < -0.39 is 6.10 Å². The van der Waals surface area contributed by atoms with Crippen LogP contribution in [0.4, 0.5) is 0 Å². The quantitative estimate of drug-likeness (QED) is 0.246. The summed E-state index contributed by atoms with van der Waals surface area (Å²) in [5, 5.41) is 12.8. The van der Waals surface area contributed by atoms with Crippen molar-refractivity contribution in [2.24, 2.45) is 0 Å². The Morgan fingerprint density at radius 3 is 1.70 bits per heavy atom. The maximum Gasteiger partial charge on any atom is 0.220 e. The van der Waals surface area contributed by atoms with Crippen molar-refractivity contribution in [3.8, 4) is 0 Å². The molecule has 3 nitrogen and oxygen atoms in total. The summed E-state index contributed by atoms with van der Waals surface area (Å²) >= 11 is 0. The van der Waals surface area contributed by atoms with Crippen molar-refractivity contribution >= 4 is 5.91 Å². The lowest BCUT2D eigenvalue weighted by molar-refractivity contribution is -0.121. The average Bonchev–Trinajstić information content (AvgIpc) is 2.84. The summed E-state index contributed by atoms with van der Waals surface area (Å²) in [4.78, 5) is 11.9. The van der Waals surface area contributed by atoms with E-state index in [0.29, 0.717) is 12.8 Å². The maximum absolute atomic E-state index is 11.9. The maximum atomic E-state index is 11.9. The summed E-state index contributed by atoms with van der Waals surface area (Å²) in [5.41, 5.74) is 0.815. The number of benzene rings is 1. The van der Waals surface area contributed by atoms with Crippen LogP contribution in [0, 0.1) is 0 Å². The fourth-order valence-electron chi connectivity index (χ4n) is 2.95. The zero-order valence-electron chi connectivity index (χ0n) is 20.1. The molecule has 0 aliphatic carbocycles. The minimum absolute atomic E-state index is 0.0375. The standard InChI is InChI=1S/C30H41NO2/c1-2-3-4-5-6-7-8-9-10-11-12-13-14-15-16-17-18-19-23-26-30(33)31-27-29(32)28-24-21-20-22-25-28/h3-4,6-7,9-10,12-13,15-16,18-22,24-25,29,32H,2,5,8,11,14,17,23,26-27H2,1H3,(H,31,33). The van der Waals surface area contributed by atoms with Crippen LogP contribution >= 0.6 is 0 Å². The lowest BCUT2D eigenvalue weighted by atomic mass is 10.1. The molecule has 0 aliphatic heterocycles. The molecule has 1 amide bonds. The lowest BCUT2D eigenvalue weighted by Gasteiger charge is -2.11. The first-order chi connectivity index (χ1) is 16.2. The predicted molar refractivity (Wildman–Crippen MR) is 142 cm³/mol. The van der Waals surface area contributed by atoms with Crippen LogP contribution in [0.1, 0.15) is 70.0 Å². The van der Waals surface area contributed by atoms with Gasteiger partial charge in [-0.3, -0.25) is 4.79 Å². The summed E-state index contributed by atoms with van der Waals surface area (Å²) in [6, 6.07) is 9.37. The van der Waals surface area contributed by atoms with E-state index in [1.807, 2.05) is 36.4 Å². The lowest BCUT2D eigenvalue weighted by Crippen LogP contribution is -2.27. The van der Waals surface area contributed by atoms with E-state index in [2.05, 4.69) is 79.1 Å². The first kappa shape index (κ1) is 28.1. The largest absolute Gasteiger partial charge is 0.387 e. The van der Waals surface area contributed by atoms with Crippen LogP contribution in [0.5, 0.6) is 0 Å². The highest BCUT2D eigenvalue weighted by Gasteiger charge is 2.08. The zero-order valence-corrected chi connectivity index (χ0v) is 20.1. The van der Waals surface area contributed by atoms with Gasteiger partial charge < -0.3 is 10.4 Å². The predicted octanol–water partition coefficient (Wildman–Crippen LogP) is 7.31. The van der Waals surface area contributed by atoms with E-state index in [9.17, 15) is 9.90 Å². The molecule has 3 heteroatoms. The van der Waals surface area contributed by atoms with Gasteiger partial charge in [0.25, 0.3) is 0 Å². The molecule has 0 aliphatic rings. The Kier molecular flexibility index (Phi) is 17.9. The Balaban J connectivity index is 1.99. The Morgan fingerprint density at radius 2 is 1.21 bits per heavy atom. The van der Waals surface area contributed by atoms with E-state index in [1.165, 1.54) is 0 Å². The number of amides is 1. The second-order valence-electron chi connectivity index (χ2n) is 7.68. The Morgan fingerprint density at radius 1 is 0.758 bits per heavy atom. The molecule has 33 heavy (non-hydrogen) atoms. The van der Waals surface area contributed by atoms with Crippen LogP contribution in [0.3, 0.4) is 0 Å². The van der Waals surface area contributed by atoms with Gasteiger partial charge in [0.1, 0.15) is 0 Å². The SMILES string of the molecule is CCC=CCC=CCC=CCC=CCC=CCC=CCCC(=O)NCC(O)c1ccccc1. The number of carbonyl (C=O) groups excluding carboxylic acids is 1. The first-order valence-corrected chi connectivity index (χ1v) is 12.1. The molecule has 1 aromatic rings. The molecule has 0 fully saturated rings. The molecule has 0 heterocycles. The second-order valence-corrected chi connectivity index (χ2v) is 7.68. The fourth-order valence-corrected chi connectivity index (χ4v) is 2.95. The third kappa shape index (κ3) is 17.3. The molecule has 0 spiro atoms. The van der Waals surface area contributed by atoms with Crippen molar-refractivity contribution in [1.29, 1.82) is 0 Å². The molecule has 0 radical (unpaired) electrons. The van der Waals surface area contributed by atoms with E-state index in [0.717, 1.165) is 44.1 Å². The van der Waals surface area contributed by atoms with Gasteiger partial charge in [0, 0.05) is 13.0 Å². The van der Waals surface area contributed by atoms with Crippen LogP contribution in [0.15, 0.2) is 103 Å². The van der Waals surface area contributed by atoms with Gasteiger partial charge in [-0.2, -0.15) is 0 Å². The van der Waals surface area contributed by atoms with Crippen LogP contribution in [-0.2, 0) is 4.79 Å². The number of nitrogens with one attached hydrogen (secondary N) is 1. The molecule has 1 atom stereocenters. The van der Waals surface area contributed by atoms with Crippen LogP contribution in [-0.4, -0.2) is 17.6 Å². The van der Waals surface area contributed by atoms with Gasteiger partial charge in [-0.25, -0.2) is 0 Å². The van der Waals surface area contributed by atoms with E-state index >= 15 is 0 Å². The Bertz CT molecular complexity index is 785. The number of allylic oxidation sites excluding steroid dienone is 12. The van der Waals surface area contributed by atoms with Crippen molar-refractivity contribution in [1.82, 2.24) is 5.32 Å². The van der Waals surface area contributed by atoms with Gasteiger partial charge >= 0.3 is 0 Å². The molecule has 1 aromatic carbocycles. The highest BCUT2D eigenvalue weighted by atomic mass is 16.3. The third-order valence-corrected chi connectivity index (χ3v) is 4.81. The van der Waals surface area contributed by atoms with Crippen molar-refractivity contribution in [3.05, 3.63) is 109 Å². The first-order valence-electron chi connectivity index (χ1n) is 12.1. The minimum atomic E-state index is -0.666. The van der Waals surface area contributed by atoms with Gasteiger partial charge in [-0.15, -0.1) is 0 Å². The second kappa shape index (κ2) is 21.0. The van der Waals surface area contributed by atoms with Crippen molar-refractivity contribution in [2.75, 3.05) is 6.54 Å². The van der Waals surface area contributed by atoms with Crippen LogP contribution < -0.4 is 5.32 Å². The molecule has 1 rings (SSSR count). The van der Waals surface area contributed by atoms with Gasteiger partial charge in [-0.1, -0.05) is 110 Å². The number of rotatable bonds is 17. The summed E-state index contributed by atoms with van der Waals surface area (Å²) in [6.07, 6.45) is 32.4. The van der Waals surface area contributed by atoms with E-state index in [-0.39, 0.29) is 12.5 Å². The van der Waals surface area contributed by atoms with E-state index in [1.54, 1.807) is 0 Å². The number of hydrogen-bond acceptors (Lipinski definition) is 2. The van der Waals surface area contributed by atoms with Crippen LogP contribution in [0.2, 0.25) is 0 Å². The summed E-state index contributed by atoms with van der Waals surface area (Å²) in [6.45, 7) is 2.39. The van der Waals surface area contributed by atoms with Gasteiger partial charge in [0.15, 0.2) is 0 Å². The average molecular weight is 448 g/mol. The molecular weight excluding hydrogens is 406 g/mol. The van der Waals surface area contributed by atoms with Crippen molar-refractivity contribution in [2.45, 2.75) is 64.4 Å². The Hall–Kier alpha value is -2.91. The topological polar surface area (TPSA) is 49.3 Å². The molecular formula is C30H41NO2. The molecule has 178 valence electrons. The number of aliphatic hydroxyl groups excluding tert-OH is 1. The molecule has 0 saturated carbocycles. The van der Waals surface area contributed by atoms with Gasteiger partial charge in [0.05, 0.1) is 6.10 Å². The molecule has 0 aromatic heterocycles. The monoisotopic (exact) mass is 447 g/mol. The minimum Gasteiger partial charge on any atom is -0.387 e. The smallest absolute Gasteiger partial charge is 0.220 e. The molecule has 1 unspecified atom stereocenters. The van der Waals surface area contributed by atoms with Crippen LogP contribution in [0.25, 0.3) is 0 Å². The highest BCUT2D eigenvalue weighted by Crippen LogP contribution is 2.10. The third-order valence-electron chi connectivity index (χ3n) is 4.81. The normalized spacial score (nSPS) is 13.5. The van der Waals surface area contributed by atoms with Gasteiger partial charge in [-0.05, 0) is 50.5 Å². The summed E-state index contributed by atoms with van der Waals surface area (Å²) < 4.78 is 0. The number of hydrogen-bond donors (Lipinski definition) is 2. The van der Waals surface area contributed by atoms with E-state index in [4.69, 9.17) is 0 Å². The van der Waals surface area contributed by atoms with Gasteiger partial charge in [0.2, 0.25) is 5.91 Å².